The lowest BCUT2D eigenvalue weighted by Gasteiger charge is -2.34. The molecule has 1 aromatic rings. The van der Waals surface area contributed by atoms with Gasteiger partial charge in [-0.25, -0.2) is 0 Å². The van der Waals surface area contributed by atoms with Gasteiger partial charge < -0.3 is 13.3 Å². The molecule has 0 spiro atoms. The second-order valence-corrected chi connectivity index (χ2v) is 8.26. The Balaban J connectivity index is 2.88. The maximum atomic E-state index is 5.80. The highest BCUT2D eigenvalue weighted by molar-refractivity contribution is 6.61. The van der Waals surface area contributed by atoms with E-state index in [4.69, 9.17) is 24.9 Å². The van der Waals surface area contributed by atoms with E-state index in [2.05, 4.69) is 26.0 Å². The monoisotopic (exact) mass is 302 g/mol. The number of alkyl halides is 1. The van der Waals surface area contributed by atoms with Crippen LogP contribution in [0.25, 0.3) is 0 Å². The van der Waals surface area contributed by atoms with E-state index in [1.54, 1.807) is 14.2 Å². The largest absolute Gasteiger partial charge is 0.501 e. The van der Waals surface area contributed by atoms with Crippen molar-refractivity contribution in [2.24, 2.45) is 0 Å². The molecule has 0 saturated carbocycles. The zero-order chi connectivity index (χ0) is 14.4. The van der Waals surface area contributed by atoms with Gasteiger partial charge in [0.05, 0.1) is 6.61 Å². The molecule has 0 amide bonds. The van der Waals surface area contributed by atoms with E-state index in [0.717, 1.165) is 0 Å². The summed E-state index contributed by atoms with van der Waals surface area (Å²) in [6.07, 6.45) is 0. The number of benzene rings is 1. The number of rotatable bonds is 8. The van der Waals surface area contributed by atoms with Crippen molar-refractivity contribution in [3.63, 3.8) is 0 Å². The zero-order valence-electron chi connectivity index (χ0n) is 12.1. The number of halogens is 1. The normalized spacial score (nSPS) is 12.7. The average Bonchev–Trinajstić information content (AvgIpc) is 2.44. The van der Waals surface area contributed by atoms with Crippen LogP contribution in [0.3, 0.4) is 0 Å². The molecule has 0 bridgehead atoms. The summed E-state index contributed by atoms with van der Waals surface area (Å²) in [5.41, 5.74) is 1.17. The molecule has 1 aromatic carbocycles. The standard InChI is InChI=1S/C14H23ClO3Si/c1-14(2,13-8-6-5-7-9-13)12-19(16-3,17-4)18-11-10-15/h5-9H,10-12H2,1-4H3. The summed E-state index contributed by atoms with van der Waals surface area (Å²) in [5, 5.41) is 0. The first-order valence-electron chi connectivity index (χ1n) is 6.35. The molecule has 19 heavy (non-hydrogen) atoms. The van der Waals surface area contributed by atoms with E-state index in [1.165, 1.54) is 5.56 Å². The number of hydrogen-bond acceptors (Lipinski definition) is 3. The molecule has 0 unspecified atom stereocenters. The molecule has 0 saturated heterocycles. The van der Waals surface area contributed by atoms with Gasteiger partial charge in [-0.1, -0.05) is 44.2 Å². The maximum absolute atomic E-state index is 5.80. The molecular formula is C14H23ClO3Si. The molecule has 108 valence electrons. The Kier molecular flexibility index (Phi) is 6.49. The minimum Gasteiger partial charge on any atom is -0.377 e. The first-order valence-corrected chi connectivity index (χ1v) is 8.82. The molecule has 1 rings (SSSR count). The van der Waals surface area contributed by atoms with Gasteiger partial charge in [0.2, 0.25) is 0 Å². The average molecular weight is 303 g/mol. The highest BCUT2D eigenvalue weighted by Crippen LogP contribution is 2.33. The van der Waals surface area contributed by atoms with Crippen LogP contribution in [0, 0.1) is 0 Å². The van der Waals surface area contributed by atoms with Crippen LogP contribution >= 0.6 is 11.6 Å². The smallest absolute Gasteiger partial charge is 0.377 e. The molecule has 5 heteroatoms. The molecule has 0 aliphatic carbocycles. The van der Waals surface area contributed by atoms with Crippen molar-refractivity contribution in [1.82, 2.24) is 0 Å². The molecule has 0 heterocycles. The molecule has 0 radical (unpaired) electrons. The Morgan fingerprint density at radius 2 is 1.68 bits per heavy atom. The molecule has 0 aromatic heterocycles. The van der Waals surface area contributed by atoms with E-state index in [-0.39, 0.29) is 5.41 Å². The van der Waals surface area contributed by atoms with Crippen molar-refractivity contribution < 1.29 is 13.3 Å². The minimum atomic E-state index is -2.67. The predicted octanol–water partition coefficient (Wildman–Crippen LogP) is 3.45. The zero-order valence-corrected chi connectivity index (χ0v) is 13.9. The molecule has 0 aliphatic heterocycles. The summed E-state index contributed by atoms with van der Waals surface area (Å²) in [7, 11) is 0.621. The summed E-state index contributed by atoms with van der Waals surface area (Å²) < 4.78 is 17.0. The Morgan fingerprint density at radius 1 is 1.11 bits per heavy atom. The van der Waals surface area contributed by atoms with Crippen molar-refractivity contribution in [2.75, 3.05) is 26.7 Å². The van der Waals surface area contributed by atoms with E-state index < -0.39 is 8.80 Å². The van der Waals surface area contributed by atoms with Gasteiger partial charge in [0.1, 0.15) is 0 Å². The molecule has 0 atom stereocenters. The third-order valence-electron chi connectivity index (χ3n) is 3.23. The fourth-order valence-corrected chi connectivity index (χ4v) is 4.82. The third-order valence-corrected chi connectivity index (χ3v) is 6.59. The maximum Gasteiger partial charge on any atom is 0.501 e. The molecular weight excluding hydrogens is 280 g/mol. The van der Waals surface area contributed by atoms with E-state index in [0.29, 0.717) is 18.5 Å². The number of hydrogen-bond donors (Lipinski definition) is 0. The highest BCUT2D eigenvalue weighted by atomic mass is 35.5. The van der Waals surface area contributed by atoms with Crippen LogP contribution < -0.4 is 0 Å². The van der Waals surface area contributed by atoms with Crippen LogP contribution in [0.5, 0.6) is 0 Å². The van der Waals surface area contributed by atoms with Crippen molar-refractivity contribution in [3.05, 3.63) is 35.9 Å². The van der Waals surface area contributed by atoms with E-state index in [9.17, 15) is 0 Å². The summed E-state index contributed by atoms with van der Waals surface area (Å²) in [5.74, 6) is 0.438. The van der Waals surface area contributed by atoms with Gasteiger partial charge in [-0.05, 0) is 11.0 Å². The quantitative estimate of drug-likeness (QED) is 0.544. The van der Waals surface area contributed by atoms with Gasteiger partial charge in [-0.2, -0.15) is 0 Å². The molecule has 3 nitrogen and oxygen atoms in total. The Morgan fingerprint density at radius 3 is 2.16 bits per heavy atom. The van der Waals surface area contributed by atoms with Crippen LogP contribution in [0.2, 0.25) is 6.04 Å². The fraction of sp³-hybridized carbons (Fsp3) is 0.571. The van der Waals surface area contributed by atoms with Crippen molar-refractivity contribution in [3.8, 4) is 0 Å². The third kappa shape index (κ3) is 4.58. The first-order chi connectivity index (χ1) is 8.99. The summed E-state index contributed by atoms with van der Waals surface area (Å²) in [6.45, 7) is 4.79. The van der Waals surface area contributed by atoms with Gasteiger partial charge in [-0.15, -0.1) is 11.6 Å². The van der Waals surface area contributed by atoms with E-state index in [1.807, 2.05) is 18.2 Å². The van der Waals surface area contributed by atoms with Gasteiger partial charge >= 0.3 is 8.80 Å². The van der Waals surface area contributed by atoms with E-state index >= 15 is 0 Å². The van der Waals surface area contributed by atoms with Crippen LogP contribution in [-0.2, 0) is 18.7 Å². The van der Waals surface area contributed by atoms with Crippen molar-refractivity contribution in [1.29, 1.82) is 0 Å². The summed E-state index contributed by atoms with van der Waals surface area (Å²) in [4.78, 5) is 0. The molecule has 0 aliphatic rings. The van der Waals surface area contributed by atoms with Crippen LogP contribution in [0.15, 0.2) is 30.3 Å². The van der Waals surface area contributed by atoms with Crippen LogP contribution in [0.1, 0.15) is 19.4 Å². The van der Waals surface area contributed by atoms with Gasteiger partial charge in [0.15, 0.2) is 0 Å². The summed E-state index contributed by atoms with van der Waals surface area (Å²) in [6, 6.07) is 11.0. The van der Waals surface area contributed by atoms with Crippen LogP contribution in [0.4, 0.5) is 0 Å². The Bertz CT molecular complexity index is 366. The van der Waals surface area contributed by atoms with Crippen molar-refractivity contribution in [2.45, 2.75) is 25.3 Å². The second kappa shape index (κ2) is 7.41. The van der Waals surface area contributed by atoms with Gasteiger partial charge in [0.25, 0.3) is 0 Å². The van der Waals surface area contributed by atoms with Crippen LogP contribution in [-0.4, -0.2) is 35.5 Å². The topological polar surface area (TPSA) is 27.7 Å². The molecule has 0 fully saturated rings. The lowest BCUT2D eigenvalue weighted by atomic mass is 9.87. The Hall–Kier alpha value is -0.393. The lowest BCUT2D eigenvalue weighted by molar-refractivity contribution is 0.0986. The Labute approximate surface area is 122 Å². The van der Waals surface area contributed by atoms with Gasteiger partial charge in [0, 0.05) is 26.1 Å². The fourth-order valence-electron chi connectivity index (χ4n) is 2.12. The second-order valence-electron chi connectivity index (χ2n) is 5.06. The lowest BCUT2D eigenvalue weighted by Crippen LogP contribution is -2.48. The first kappa shape index (κ1) is 16.7. The molecule has 0 N–H and O–H groups in total. The predicted molar refractivity (Wildman–Crippen MR) is 80.7 cm³/mol. The minimum absolute atomic E-state index is 0.0776. The summed E-state index contributed by atoms with van der Waals surface area (Å²) >= 11 is 5.70. The van der Waals surface area contributed by atoms with Crippen molar-refractivity contribution >= 4 is 20.4 Å². The van der Waals surface area contributed by atoms with Gasteiger partial charge in [-0.3, -0.25) is 0 Å². The SMILES string of the molecule is CO[Si](CC(C)(C)c1ccccc1)(OC)OCCCl. The highest BCUT2D eigenvalue weighted by Gasteiger charge is 2.45.